The van der Waals surface area contributed by atoms with E-state index in [4.69, 9.17) is 9.68 Å². The standard InChI is InChI=1S/C15H15BNO2S/c1-15(2,3)9-4-5-10-12(8-9)20-11-6-7-17-14(13(10)11)19-16-18/h4-8,18H,1-3H3. The summed E-state index contributed by atoms with van der Waals surface area (Å²) >= 11 is 1.72. The maximum atomic E-state index is 8.86. The average Bonchev–Trinajstić information content (AvgIpc) is 2.76. The number of nitrogens with zero attached hydrogens (tertiary/aromatic N) is 1. The minimum Gasteiger partial charge on any atom is -0.523 e. The van der Waals surface area contributed by atoms with Gasteiger partial charge in [0.2, 0.25) is 5.88 Å². The molecule has 1 N–H and O–H groups in total. The molecule has 0 amide bonds. The highest BCUT2D eigenvalue weighted by molar-refractivity contribution is 7.25. The van der Waals surface area contributed by atoms with Gasteiger partial charge in [-0.25, -0.2) is 4.98 Å². The van der Waals surface area contributed by atoms with Gasteiger partial charge in [-0.2, -0.15) is 0 Å². The van der Waals surface area contributed by atoms with Crippen LogP contribution in [0.5, 0.6) is 5.88 Å². The van der Waals surface area contributed by atoms with Crippen molar-refractivity contribution in [2.45, 2.75) is 26.2 Å². The summed E-state index contributed by atoms with van der Waals surface area (Å²) in [6.07, 6.45) is 1.70. The van der Waals surface area contributed by atoms with Crippen LogP contribution in [0.3, 0.4) is 0 Å². The number of fused-ring (bicyclic) bond motifs is 3. The first-order valence-electron chi connectivity index (χ1n) is 6.45. The van der Waals surface area contributed by atoms with Crippen LogP contribution >= 0.6 is 11.3 Å². The van der Waals surface area contributed by atoms with Crippen molar-refractivity contribution in [3.05, 3.63) is 36.0 Å². The summed E-state index contributed by atoms with van der Waals surface area (Å²) in [7, 11) is 0.675. The van der Waals surface area contributed by atoms with Crippen LogP contribution in [0.15, 0.2) is 30.5 Å². The third kappa shape index (κ3) is 2.17. The van der Waals surface area contributed by atoms with E-state index in [-0.39, 0.29) is 5.41 Å². The number of benzene rings is 1. The zero-order chi connectivity index (χ0) is 14.3. The van der Waals surface area contributed by atoms with Gasteiger partial charge in [-0.1, -0.05) is 32.9 Å². The summed E-state index contributed by atoms with van der Waals surface area (Å²) in [5, 5.41) is 10.9. The van der Waals surface area contributed by atoms with Crippen molar-refractivity contribution < 1.29 is 9.68 Å². The van der Waals surface area contributed by atoms with E-state index >= 15 is 0 Å². The molecule has 0 aliphatic carbocycles. The van der Waals surface area contributed by atoms with E-state index in [0.717, 1.165) is 15.5 Å². The predicted molar refractivity (Wildman–Crippen MR) is 84.4 cm³/mol. The van der Waals surface area contributed by atoms with Gasteiger partial charge in [0.05, 0.1) is 5.39 Å². The van der Waals surface area contributed by atoms with Crippen molar-refractivity contribution in [1.82, 2.24) is 4.98 Å². The Kier molecular flexibility index (Phi) is 3.19. The molecule has 20 heavy (non-hydrogen) atoms. The monoisotopic (exact) mass is 284 g/mol. The Morgan fingerprint density at radius 3 is 2.70 bits per heavy atom. The Balaban J connectivity index is 2.29. The van der Waals surface area contributed by atoms with E-state index in [0.29, 0.717) is 13.6 Å². The van der Waals surface area contributed by atoms with Crippen molar-refractivity contribution in [3.63, 3.8) is 0 Å². The third-order valence-electron chi connectivity index (χ3n) is 3.38. The number of thiophene rings is 1. The molecular weight excluding hydrogens is 269 g/mol. The first-order chi connectivity index (χ1) is 9.50. The molecule has 3 rings (SSSR count). The molecule has 0 unspecified atom stereocenters. The van der Waals surface area contributed by atoms with Gasteiger partial charge < -0.3 is 9.68 Å². The van der Waals surface area contributed by atoms with E-state index in [2.05, 4.69) is 44.0 Å². The minimum absolute atomic E-state index is 0.126. The molecule has 101 valence electrons. The van der Waals surface area contributed by atoms with Crippen molar-refractivity contribution in [2.24, 2.45) is 0 Å². The van der Waals surface area contributed by atoms with Gasteiger partial charge in [0, 0.05) is 21.0 Å². The Bertz CT molecular complexity index is 776. The summed E-state index contributed by atoms with van der Waals surface area (Å²) in [5.74, 6) is 0.444. The zero-order valence-corrected chi connectivity index (χ0v) is 12.5. The number of aromatic nitrogens is 1. The van der Waals surface area contributed by atoms with E-state index in [9.17, 15) is 0 Å². The van der Waals surface area contributed by atoms with Crippen LogP contribution in [0.25, 0.3) is 20.2 Å². The maximum absolute atomic E-state index is 8.86. The lowest BCUT2D eigenvalue weighted by Crippen LogP contribution is -2.10. The summed E-state index contributed by atoms with van der Waals surface area (Å²) in [5.41, 5.74) is 1.43. The van der Waals surface area contributed by atoms with Crippen LogP contribution < -0.4 is 4.65 Å². The number of rotatable bonds is 2. The Morgan fingerprint density at radius 2 is 2.00 bits per heavy atom. The fourth-order valence-electron chi connectivity index (χ4n) is 2.30. The highest BCUT2D eigenvalue weighted by Crippen LogP contribution is 2.39. The molecule has 2 aromatic heterocycles. The third-order valence-corrected chi connectivity index (χ3v) is 4.50. The SMILES string of the molecule is CC(C)(C)c1ccc2c(c1)sc1ccnc(O[B]O)c12. The number of pyridine rings is 1. The molecule has 3 nitrogen and oxygen atoms in total. The molecule has 0 fully saturated rings. The smallest absolute Gasteiger partial charge is 0.523 e. The molecule has 1 aromatic carbocycles. The molecule has 2 heterocycles. The lowest BCUT2D eigenvalue weighted by molar-refractivity contribution is 0.447. The van der Waals surface area contributed by atoms with Crippen LogP contribution in [-0.2, 0) is 5.41 Å². The van der Waals surface area contributed by atoms with Gasteiger partial charge in [-0.15, -0.1) is 11.3 Å². The maximum Gasteiger partial charge on any atom is 0.570 e. The largest absolute Gasteiger partial charge is 0.570 e. The summed E-state index contributed by atoms with van der Waals surface area (Å²) in [6.45, 7) is 6.62. The number of hydrogen-bond donors (Lipinski definition) is 1. The molecule has 0 spiro atoms. The van der Waals surface area contributed by atoms with Crippen molar-refractivity contribution in [1.29, 1.82) is 0 Å². The molecule has 0 aliphatic rings. The van der Waals surface area contributed by atoms with Gasteiger partial charge in [0.1, 0.15) is 0 Å². The molecular formula is C15H15BNO2S. The average molecular weight is 284 g/mol. The second-order valence-electron chi connectivity index (χ2n) is 5.78. The lowest BCUT2D eigenvalue weighted by atomic mass is 9.87. The second-order valence-corrected chi connectivity index (χ2v) is 6.86. The zero-order valence-electron chi connectivity index (χ0n) is 11.7. The number of hydrogen-bond acceptors (Lipinski definition) is 4. The highest BCUT2D eigenvalue weighted by Gasteiger charge is 2.17. The summed E-state index contributed by atoms with van der Waals surface area (Å²) in [6, 6.07) is 8.46. The molecule has 3 aromatic rings. The summed E-state index contributed by atoms with van der Waals surface area (Å²) < 4.78 is 7.43. The highest BCUT2D eigenvalue weighted by atomic mass is 32.1. The first-order valence-corrected chi connectivity index (χ1v) is 7.26. The Morgan fingerprint density at radius 1 is 1.20 bits per heavy atom. The van der Waals surface area contributed by atoms with Gasteiger partial charge in [0.25, 0.3) is 0 Å². The molecule has 0 atom stereocenters. The van der Waals surface area contributed by atoms with E-state index in [1.165, 1.54) is 10.3 Å². The molecule has 0 bridgehead atoms. The fourth-order valence-corrected chi connectivity index (χ4v) is 3.43. The second kappa shape index (κ2) is 4.75. The Hall–Kier alpha value is -1.59. The normalized spacial score (nSPS) is 12.0. The fraction of sp³-hybridized carbons (Fsp3) is 0.267. The van der Waals surface area contributed by atoms with Crippen LogP contribution in [-0.4, -0.2) is 17.7 Å². The Labute approximate surface area is 122 Å². The molecule has 0 saturated carbocycles. The van der Waals surface area contributed by atoms with Gasteiger partial charge in [-0.3, -0.25) is 0 Å². The van der Waals surface area contributed by atoms with Crippen LogP contribution in [0.1, 0.15) is 26.3 Å². The van der Waals surface area contributed by atoms with Crippen LogP contribution in [0.2, 0.25) is 0 Å². The minimum atomic E-state index is 0.126. The van der Waals surface area contributed by atoms with Crippen molar-refractivity contribution >= 4 is 39.2 Å². The van der Waals surface area contributed by atoms with Gasteiger partial charge in [0.15, 0.2) is 0 Å². The quantitative estimate of drug-likeness (QED) is 0.730. The summed E-state index contributed by atoms with van der Waals surface area (Å²) in [4.78, 5) is 4.18. The van der Waals surface area contributed by atoms with Gasteiger partial charge in [-0.05, 0) is 23.1 Å². The molecule has 5 heteroatoms. The first kappa shape index (κ1) is 13.4. The van der Waals surface area contributed by atoms with E-state index in [1.807, 2.05) is 6.07 Å². The predicted octanol–water partition coefficient (Wildman–Crippen LogP) is 3.65. The van der Waals surface area contributed by atoms with E-state index in [1.54, 1.807) is 17.5 Å². The van der Waals surface area contributed by atoms with Crippen LogP contribution in [0.4, 0.5) is 0 Å². The van der Waals surface area contributed by atoms with Gasteiger partial charge >= 0.3 is 7.69 Å². The lowest BCUT2D eigenvalue weighted by Gasteiger charge is -2.18. The van der Waals surface area contributed by atoms with Crippen LogP contribution in [0, 0.1) is 0 Å². The molecule has 0 saturated heterocycles. The van der Waals surface area contributed by atoms with Crippen molar-refractivity contribution in [2.75, 3.05) is 0 Å². The molecule has 1 radical (unpaired) electrons. The molecule has 0 aliphatic heterocycles. The van der Waals surface area contributed by atoms with E-state index < -0.39 is 0 Å². The topological polar surface area (TPSA) is 42.4 Å². The van der Waals surface area contributed by atoms with Crippen molar-refractivity contribution in [3.8, 4) is 5.88 Å².